The minimum absolute atomic E-state index is 0.278. The quantitative estimate of drug-likeness (QED) is 0.479. The number of carbonyl (C=O) groups excluding carboxylic acids is 1. The molecule has 0 spiro atoms. The Hall–Kier alpha value is -1.66. The van der Waals surface area contributed by atoms with Crippen molar-refractivity contribution in [3.63, 3.8) is 0 Å². The van der Waals surface area contributed by atoms with Crippen LogP contribution in [0.2, 0.25) is 0 Å². The van der Waals surface area contributed by atoms with E-state index in [1.165, 1.54) is 0 Å². The maximum atomic E-state index is 13.3. The molecule has 0 unspecified atom stereocenters. The molecule has 0 saturated heterocycles. The van der Waals surface area contributed by atoms with Gasteiger partial charge in [0.1, 0.15) is 6.61 Å². The number of carbonyl (C=O) groups is 1. The number of hydrogen-bond donors (Lipinski definition) is 0. The average Bonchev–Trinajstić information content (AvgIpc) is 2.51. The summed E-state index contributed by atoms with van der Waals surface area (Å²) in [5.74, 6) is -12.6. The number of benzene rings is 1. The molecule has 1 saturated carbocycles. The van der Waals surface area contributed by atoms with Gasteiger partial charge in [-0.15, -0.1) is 0 Å². The number of halogens is 5. The van der Waals surface area contributed by atoms with Crippen molar-refractivity contribution in [1.29, 1.82) is 0 Å². The topological polar surface area (TPSA) is 26.3 Å². The summed E-state index contributed by atoms with van der Waals surface area (Å²) >= 11 is 0. The van der Waals surface area contributed by atoms with Crippen molar-refractivity contribution in [2.24, 2.45) is 5.92 Å². The van der Waals surface area contributed by atoms with Crippen LogP contribution in [-0.2, 0) is 4.79 Å². The maximum absolute atomic E-state index is 13.3. The lowest BCUT2D eigenvalue weighted by atomic mass is 9.86. The van der Waals surface area contributed by atoms with Gasteiger partial charge in [-0.1, -0.05) is 19.3 Å². The second kappa shape index (κ2) is 6.41. The molecule has 0 heterocycles. The molecule has 0 radical (unpaired) electrons. The first-order valence-corrected chi connectivity index (χ1v) is 6.60. The van der Waals surface area contributed by atoms with Crippen molar-refractivity contribution in [1.82, 2.24) is 0 Å². The van der Waals surface area contributed by atoms with E-state index in [-0.39, 0.29) is 5.92 Å². The van der Waals surface area contributed by atoms with Crippen LogP contribution in [0.25, 0.3) is 0 Å². The zero-order valence-electron chi connectivity index (χ0n) is 11.0. The first-order valence-electron chi connectivity index (χ1n) is 6.60. The molecule has 1 fully saturated rings. The molecule has 0 N–H and O–H groups in total. The van der Waals surface area contributed by atoms with Crippen molar-refractivity contribution in [3.05, 3.63) is 29.1 Å². The van der Waals surface area contributed by atoms with Crippen LogP contribution in [0.3, 0.4) is 0 Å². The Balaban J connectivity index is 2.11. The van der Waals surface area contributed by atoms with Crippen LogP contribution in [0.1, 0.15) is 32.1 Å². The van der Waals surface area contributed by atoms with Gasteiger partial charge >= 0.3 is 0 Å². The Labute approximate surface area is 117 Å². The van der Waals surface area contributed by atoms with Crippen LogP contribution in [0.15, 0.2) is 0 Å². The predicted molar refractivity (Wildman–Crippen MR) is 63.3 cm³/mol. The summed E-state index contributed by atoms with van der Waals surface area (Å²) in [6.45, 7) is -0.705. The zero-order chi connectivity index (χ0) is 15.6. The minimum atomic E-state index is -2.25. The standard InChI is InChI=1S/C14H13F5O2/c15-9-10(16)12(18)14(13(19)11(9)17)21-6-8(20)7-4-2-1-3-5-7/h7H,1-6H2. The molecule has 1 aromatic rings. The highest BCUT2D eigenvalue weighted by molar-refractivity contribution is 5.82. The molecule has 1 aliphatic rings. The van der Waals surface area contributed by atoms with E-state index >= 15 is 0 Å². The smallest absolute Gasteiger partial charge is 0.207 e. The van der Waals surface area contributed by atoms with Crippen molar-refractivity contribution >= 4 is 5.78 Å². The Morgan fingerprint density at radius 2 is 1.33 bits per heavy atom. The lowest BCUT2D eigenvalue weighted by Gasteiger charge is -2.20. The Morgan fingerprint density at radius 3 is 1.86 bits per heavy atom. The van der Waals surface area contributed by atoms with Crippen LogP contribution in [0.5, 0.6) is 5.75 Å². The van der Waals surface area contributed by atoms with Gasteiger partial charge in [0.05, 0.1) is 0 Å². The summed E-state index contributed by atoms with van der Waals surface area (Å²) in [5, 5.41) is 0. The number of ether oxygens (including phenoxy) is 1. The summed E-state index contributed by atoms with van der Waals surface area (Å²) < 4.78 is 70.0. The van der Waals surface area contributed by atoms with E-state index in [0.29, 0.717) is 12.8 Å². The maximum Gasteiger partial charge on any atom is 0.207 e. The third kappa shape index (κ3) is 3.16. The van der Waals surface area contributed by atoms with Crippen molar-refractivity contribution in [2.75, 3.05) is 6.61 Å². The second-order valence-corrected chi connectivity index (χ2v) is 4.99. The summed E-state index contributed by atoms with van der Waals surface area (Å²) in [5.41, 5.74) is 0. The largest absolute Gasteiger partial charge is 0.480 e. The fourth-order valence-electron chi connectivity index (χ4n) is 2.40. The molecule has 0 bridgehead atoms. The third-order valence-corrected chi connectivity index (χ3v) is 3.59. The molecule has 0 amide bonds. The van der Waals surface area contributed by atoms with Gasteiger partial charge in [-0.05, 0) is 12.8 Å². The minimum Gasteiger partial charge on any atom is -0.480 e. The van der Waals surface area contributed by atoms with E-state index in [1.807, 2.05) is 0 Å². The van der Waals surface area contributed by atoms with Gasteiger partial charge in [0.2, 0.25) is 29.1 Å². The zero-order valence-corrected chi connectivity index (χ0v) is 11.0. The number of Topliss-reactive ketones (excluding diaryl/α,β-unsaturated/α-hetero) is 1. The first kappa shape index (κ1) is 15.7. The highest BCUT2D eigenvalue weighted by atomic mass is 19.2. The van der Waals surface area contributed by atoms with Gasteiger partial charge in [-0.25, -0.2) is 13.2 Å². The molecule has 116 valence electrons. The van der Waals surface area contributed by atoms with E-state index in [9.17, 15) is 26.7 Å². The monoisotopic (exact) mass is 308 g/mol. The second-order valence-electron chi connectivity index (χ2n) is 4.99. The van der Waals surface area contributed by atoms with Crippen molar-refractivity contribution < 1.29 is 31.5 Å². The molecule has 1 aromatic carbocycles. The van der Waals surface area contributed by atoms with Crippen molar-refractivity contribution in [3.8, 4) is 5.75 Å². The molecule has 2 nitrogen and oxygen atoms in total. The molecule has 7 heteroatoms. The van der Waals surface area contributed by atoms with Crippen molar-refractivity contribution in [2.45, 2.75) is 32.1 Å². The Morgan fingerprint density at radius 1 is 0.857 bits per heavy atom. The first-order chi connectivity index (χ1) is 9.93. The summed E-state index contributed by atoms with van der Waals surface area (Å²) in [7, 11) is 0. The van der Waals surface area contributed by atoms with Gasteiger partial charge in [0, 0.05) is 5.92 Å². The van der Waals surface area contributed by atoms with Gasteiger partial charge in [0.25, 0.3) is 0 Å². The Bertz CT molecular complexity index is 524. The number of rotatable bonds is 4. The lowest BCUT2D eigenvalue weighted by Crippen LogP contribution is -2.24. The van der Waals surface area contributed by atoms with E-state index < -0.39 is 47.2 Å². The van der Waals surface area contributed by atoms with Crippen LogP contribution in [0.4, 0.5) is 22.0 Å². The van der Waals surface area contributed by atoms with E-state index in [1.54, 1.807) is 0 Å². The number of hydrogen-bond acceptors (Lipinski definition) is 2. The SMILES string of the molecule is O=C(COc1c(F)c(F)c(F)c(F)c1F)C1CCCCC1. The van der Waals surface area contributed by atoms with E-state index in [0.717, 1.165) is 19.3 Å². The molecular formula is C14H13F5O2. The summed E-state index contributed by atoms with van der Waals surface area (Å²) in [6, 6.07) is 0. The van der Waals surface area contributed by atoms with Gasteiger partial charge in [0.15, 0.2) is 11.5 Å². The van der Waals surface area contributed by atoms with Crippen LogP contribution >= 0.6 is 0 Å². The van der Waals surface area contributed by atoms with Crippen LogP contribution in [-0.4, -0.2) is 12.4 Å². The molecule has 0 aromatic heterocycles. The third-order valence-electron chi connectivity index (χ3n) is 3.59. The van der Waals surface area contributed by atoms with Crippen LogP contribution < -0.4 is 4.74 Å². The van der Waals surface area contributed by atoms with Crippen LogP contribution in [0, 0.1) is 35.0 Å². The van der Waals surface area contributed by atoms with E-state index in [4.69, 9.17) is 0 Å². The van der Waals surface area contributed by atoms with E-state index in [2.05, 4.69) is 4.74 Å². The van der Waals surface area contributed by atoms with Gasteiger partial charge < -0.3 is 4.74 Å². The van der Waals surface area contributed by atoms with Gasteiger partial charge in [-0.2, -0.15) is 8.78 Å². The normalized spacial score (nSPS) is 16.0. The molecule has 1 aliphatic carbocycles. The molecule has 21 heavy (non-hydrogen) atoms. The summed E-state index contributed by atoms with van der Waals surface area (Å²) in [4.78, 5) is 11.8. The average molecular weight is 308 g/mol. The predicted octanol–water partition coefficient (Wildman–Crippen LogP) is 3.91. The molecule has 2 rings (SSSR count). The number of ketones is 1. The highest BCUT2D eigenvalue weighted by Gasteiger charge is 2.28. The molecular weight excluding hydrogens is 295 g/mol. The lowest BCUT2D eigenvalue weighted by molar-refractivity contribution is -0.125. The fraction of sp³-hybridized carbons (Fsp3) is 0.500. The Kier molecular flexibility index (Phi) is 4.80. The fourth-order valence-corrected chi connectivity index (χ4v) is 2.40. The molecule has 0 aliphatic heterocycles. The summed E-state index contributed by atoms with van der Waals surface area (Å²) in [6.07, 6.45) is 4.07. The molecule has 0 atom stereocenters. The van der Waals surface area contributed by atoms with Gasteiger partial charge in [-0.3, -0.25) is 4.79 Å². The highest BCUT2D eigenvalue weighted by Crippen LogP contribution is 2.30.